The van der Waals surface area contributed by atoms with Crippen LogP contribution in [-0.2, 0) is 4.74 Å². The van der Waals surface area contributed by atoms with E-state index in [9.17, 15) is 0 Å². The molecule has 0 unspecified atom stereocenters. The van der Waals surface area contributed by atoms with Gasteiger partial charge in [0, 0.05) is 13.2 Å². The molecular formula is C5H12O3. The van der Waals surface area contributed by atoms with Crippen molar-refractivity contribution in [1.82, 2.24) is 0 Å². The van der Waals surface area contributed by atoms with Crippen molar-refractivity contribution in [2.45, 2.75) is 6.42 Å². The number of ether oxygens (including phenoxy) is 1. The third kappa shape index (κ3) is 5.88. The lowest BCUT2D eigenvalue weighted by Crippen LogP contribution is -2.01. The molecule has 0 radical (unpaired) electrons. The van der Waals surface area contributed by atoms with Crippen LogP contribution >= 0.6 is 0 Å². The van der Waals surface area contributed by atoms with Crippen LogP contribution in [0.2, 0.25) is 0 Å². The third-order valence-corrected chi connectivity index (χ3v) is 0.682. The fourth-order valence-corrected chi connectivity index (χ4v) is 0.333. The highest BCUT2D eigenvalue weighted by atomic mass is 16.5. The van der Waals surface area contributed by atoms with Gasteiger partial charge in [-0.2, -0.15) is 0 Å². The van der Waals surface area contributed by atoms with E-state index >= 15 is 0 Å². The normalized spacial score (nSPS) is 9.75. The van der Waals surface area contributed by atoms with Crippen LogP contribution in [-0.4, -0.2) is 36.6 Å². The zero-order chi connectivity index (χ0) is 6.24. The summed E-state index contributed by atoms with van der Waals surface area (Å²) in [4.78, 5) is 0. The van der Waals surface area contributed by atoms with Crippen LogP contribution in [0.25, 0.3) is 0 Å². The highest BCUT2D eigenvalue weighted by molar-refractivity contribution is 4.30. The minimum Gasteiger partial charge on any atom is -0.396 e. The predicted octanol–water partition coefficient (Wildman–Crippen LogP) is -0.622. The van der Waals surface area contributed by atoms with Crippen molar-refractivity contribution in [2.24, 2.45) is 0 Å². The molecule has 8 heavy (non-hydrogen) atoms. The van der Waals surface area contributed by atoms with Gasteiger partial charge in [-0.25, -0.2) is 0 Å². The Morgan fingerprint density at radius 1 is 1.00 bits per heavy atom. The first-order valence-electron chi connectivity index (χ1n) is 2.71. The number of rotatable bonds is 5. The molecule has 0 saturated carbocycles. The van der Waals surface area contributed by atoms with E-state index in [0.29, 0.717) is 19.6 Å². The van der Waals surface area contributed by atoms with Gasteiger partial charge in [0.25, 0.3) is 0 Å². The first-order chi connectivity index (χ1) is 3.91. The molecule has 0 aliphatic carbocycles. The number of aliphatic hydroxyl groups is 2. The Balaban J connectivity index is 2.53. The van der Waals surface area contributed by atoms with Crippen LogP contribution in [0, 0.1) is 0 Å². The van der Waals surface area contributed by atoms with E-state index in [1.54, 1.807) is 0 Å². The number of hydrogen-bond donors (Lipinski definition) is 2. The molecule has 0 spiro atoms. The van der Waals surface area contributed by atoms with E-state index in [2.05, 4.69) is 0 Å². The van der Waals surface area contributed by atoms with Crippen molar-refractivity contribution in [2.75, 3.05) is 26.4 Å². The summed E-state index contributed by atoms with van der Waals surface area (Å²) in [5.74, 6) is 0. The summed E-state index contributed by atoms with van der Waals surface area (Å²) in [6.07, 6.45) is 0.653. The van der Waals surface area contributed by atoms with Crippen molar-refractivity contribution < 1.29 is 14.9 Å². The molecular weight excluding hydrogens is 108 g/mol. The van der Waals surface area contributed by atoms with Gasteiger partial charge in [-0.1, -0.05) is 0 Å². The summed E-state index contributed by atoms with van der Waals surface area (Å²) in [7, 11) is 0. The minimum absolute atomic E-state index is 0.0609. The molecule has 0 aliphatic heterocycles. The zero-order valence-electron chi connectivity index (χ0n) is 4.84. The smallest absolute Gasteiger partial charge is 0.0697 e. The SMILES string of the molecule is OCCCOCCO. The molecule has 0 rings (SSSR count). The summed E-state index contributed by atoms with van der Waals surface area (Å²) in [5, 5.41) is 16.4. The molecule has 0 bridgehead atoms. The molecule has 3 nitrogen and oxygen atoms in total. The fourth-order valence-electron chi connectivity index (χ4n) is 0.333. The Morgan fingerprint density at radius 3 is 2.25 bits per heavy atom. The average Bonchev–Trinajstić information content (AvgIpc) is 1.81. The Morgan fingerprint density at radius 2 is 1.75 bits per heavy atom. The van der Waals surface area contributed by atoms with E-state index in [4.69, 9.17) is 14.9 Å². The van der Waals surface area contributed by atoms with Gasteiger partial charge < -0.3 is 14.9 Å². The van der Waals surface area contributed by atoms with Crippen molar-refractivity contribution >= 4 is 0 Å². The van der Waals surface area contributed by atoms with Crippen molar-refractivity contribution in [3.63, 3.8) is 0 Å². The van der Waals surface area contributed by atoms with Crippen LogP contribution in [0.4, 0.5) is 0 Å². The van der Waals surface area contributed by atoms with Gasteiger partial charge in [0.05, 0.1) is 13.2 Å². The first kappa shape index (κ1) is 7.88. The van der Waals surface area contributed by atoms with Crippen LogP contribution in [0.3, 0.4) is 0 Å². The minimum atomic E-state index is 0.0609. The molecule has 2 N–H and O–H groups in total. The lowest BCUT2D eigenvalue weighted by molar-refractivity contribution is 0.0816. The van der Waals surface area contributed by atoms with E-state index in [1.807, 2.05) is 0 Å². The number of hydrogen-bond acceptors (Lipinski definition) is 3. The summed E-state index contributed by atoms with van der Waals surface area (Å²) >= 11 is 0. The second-order valence-electron chi connectivity index (χ2n) is 1.41. The highest BCUT2D eigenvalue weighted by Crippen LogP contribution is 1.78. The topological polar surface area (TPSA) is 49.7 Å². The van der Waals surface area contributed by atoms with E-state index in [1.165, 1.54) is 0 Å². The monoisotopic (exact) mass is 120 g/mol. The van der Waals surface area contributed by atoms with Crippen LogP contribution in [0.5, 0.6) is 0 Å². The van der Waals surface area contributed by atoms with Gasteiger partial charge in [-0.15, -0.1) is 0 Å². The molecule has 50 valence electrons. The highest BCUT2D eigenvalue weighted by Gasteiger charge is 1.83. The average molecular weight is 120 g/mol. The standard InChI is InChI=1S/C5H12O3/c6-2-1-4-8-5-3-7/h6-7H,1-5H2. The van der Waals surface area contributed by atoms with Gasteiger partial charge in [-0.05, 0) is 6.42 Å². The summed E-state index contributed by atoms with van der Waals surface area (Å²) in [6, 6.07) is 0. The Hall–Kier alpha value is -0.120. The molecule has 0 heterocycles. The van der Waals surface area contributed by atoms with Gasteiger partial charge in [0.1, 0.15) is 0 Å². The summed E-state index contributed by atoms with van der Waals surface area (Å²) in [6.45, 7) is 1.13. The Kier molecular flexibility index (Phi) is 6.78. The molecule has 0 saturated heterocycles. The largest absolute Gasteiger partial charge is 0.396 e. The second kappa shape index (κ2) is 6.88. The van der Waals surface area contributed by atoms with E-state index in [-0.39, 0.29) is 13.2 Å². The fraction of sp³-hybridized carbons (Fsp3) is 1.00. The maximum Gasteiger partial charge on any atom is 0.0697 e. The quantitative estimate of drug-likeness (QED) is 0.475. The van der Waals surface area contributed by atoms with Gasteiger partial charge in [0.2, 0.25) is 0 Å². The van der Waals surface area contributed by atoms with Gasteiger partial charge >= 0.3 is 0 Å². The maximum absolute atomic E-state index is 8.22. The van der Waals surface area contributed by atoms with Crippen LogP contribution in [0.1, 0.15) is 6.42 Å². The molecule has 0 aromatic rings. The van der Waals surface area contributed by atoms with Crippen molar-refractivity contribution in [3.8, 4) is 0 Å². The first-order valence-corrected chi connectivity index (χ1v) is 2.71. The predicted molar refractivity (Wildman–Crippen MR) is 29.6 cm³/mol. The summed E-state index contributed by atoms with van der Waals surface area (Å²) < 4.78 is 4.81. The molecule has 0 aromatic heterocycles. The molecule has 3 heteroatoms. The maximum atomic E-state index is 8.22. The van der Waals surface area contributed by atoms with E-state index in [0.717, 1.165) is 0 Å². The van der Waals surface area contributed by atoms with Crippen LogP contribution < -0.4 is 0 Å². The second-order valence-corrected chi connectivity index (χ2v) is 1.41. The lowest BCUT2D eigenvalue weighted by Gasteiger charge is -1.97. The van der Waals surface area contributed by atoms with Gasteiger partial charge in [0.15, 0.2) is 0 Å². The Labute approximate surface area is 48.9 Å². The molecule has 0 aromatic carbocycles. The molecule has 0 fully saturated rings. The Bertz CT molecular complexity index is 32.7. The van der Waals surface area contributed by atoms with Crippen molar-refractivity contribution in [1.29, 1.82) is 0 Å². The molecule has 0 aliphatic rings. The lowest BCUT2D eigenvalue weighted by atomic mass is 10.5. The van der Waals surface area contributed by atoms with Gasteiger partial charge in [-0.3, -0.25) is 0 Å². The molecule has 0 atom stereocenters. The third-order valence-electron chi connectivity index (χ3n) is 0.682. The number of aliphatic hydroxyl groups excluding tert-OH is 2. The molecule has 0 amide bonds. The summed E-state index contributed by atoms with van der Waals surface area (Å²) in [5.41, 5.74) is 0. The van der Waals surface area contributed by atoms with Crippen molar-refractivity contribution in [3.05, 3.63) is 0 Å². The van der Waals surface area contributed by atoms with E-state index < -0.39 is 0 Å². The zero-order valence-corrected chi connectivity index (χ0v) is 4.84. The van der Waals surface area contributed by atoms with Crippen LogP contribution in [0.15, 0.2) is 0 Å².